The number of fused-ring (bicyclic) bond motifs is 1. The standard InChI is InChI=1S/C23H25ClN2O5/c1-5-6-9-31-18-8-7-14(11-19(18)28-2)10-16(24)22-25-17-13-21(30-4)20(29-3)12-15(17)23(27)26-22/h7-8,10-13H,5-6,9H2,1-4H3,(H,25,26,27)/b16-10-. The van der Waals surface area contributed by atoms with E-state index in [1.165, 1.54) is 14.2 Å². The smallest absolute Gasteiger partial charge is 0.259 e. The molecule has 0 aliphatic heterocycles. The number of nitrogens with zero attached hydrogens (tertiary/aromatic N) is 1. The molecule has 0 saturated carbocycles. The molecule has 3 rings (SSSR count). The quantitative estimate of drug-likeness (QED) is 0.474. The van der Waals surface area contributed by atoms with Crippen molar-refractivity contribution < 1.29 is 18.9 Å². The normalized spacial score (nSPS) is 11.5. The molecule has 0 saturated heterocycles. The van der Waals surface area contributed by atoms with E-state index < -0.39 is 0 Å². The average Bonchev–Trinajstić information content (AvgIpc) is 2.78. The zero-order valence-corrected chi connectivity index (χ0v) is 18.7. The predicted molar refractivity (Wildman–Crippen MR) is 123 cm³/mol. The van der Waals surface area contributed by atoms with Crippen molar-refractivity contribution in [1.29, 1.82) is 0 Å². The van der Waals surface area contributed by atoms with E-state index in [4.69, 9.17) is 30.5 Å². The number of benzene rings is 2. The highest BCUT2D eigenvalue weighted by atomic mass is 35.5. The lowest BCUT2D eigenvalue weighted by Crippen LogP contribution is -2.11. The van der Waals surface area contributed by atoms with Crippen molar-refractivity contribution in [2.24, 2.45) is 0 Å². The number of methoxy groups -OCH3 is 3. The Balaban J connectivity index is 1.96. The maximum atomic E-state index is 12.6. The molecular formula is C23H25ClN2O5. The Morgan fingerprint density at radius 3 is 2.39 bits per heavy atom. The Labute approximate surface area is 185 Å². The van der Waals surface area contributed by atoms with Crippen molar-refractivity contribution in [3.05, 3.63) is 52.1 Å². The minimum absolute atomic E-state index is 0.244. The van der Waals surface area contributed by atoms with Crippen LogP contribution in [-0.2, 0) is 0 Å². The minimum Gasteiger partial charge on any atom is -0.493 e. The number of ether oxygens (including phenoxy) is 4. The van der Waals surface area contributed by atoms with Crippen LogP contribution in [0.1, 0.15) is 31.2 Å². The SMILES string of the molecule is CCCCOc1ccc(/C=C(\Cl)c2nc3cc(OC)c(OC)cc3c(=O)[nH]2)cc1OC. The molecule has 1 aromatic heterocycles. The topological polar surface area (TPSA) is 82.7 Å². The summed E-state index contributed by atoms with van der Waals surface area (Å²) in [7, 11) is 4.61. The Bertz CT molecular complexity index is 1160. The van der Waals surface area contributed by atoms with Gasteiger partial charge in [-0.1, -0.05) is 31.0 Å². The molecule has 2 aromatic carbocycles. The number of hydrogen-bond donors (Lipinski definition) is 1. The number of nitrogens with one attached hydrogen (secondary N) is 1. The summed E-state index contributed by atoms with van der Waals surface area (Å²) < 4.78 is 21.7. The Morgan fingerprint density at radius 1 is 1.03 bits per heavy atom. The van der Waals surface area contributed by atoms with E-state index in [0.29, 0.717) is 40.5 Å². The fourth-order valence-corrected chi connectivity index (χ4v) is 3.23. The molecule has 0 unspecified atom stereocenters. The summed E-state index contributed by atoms with van der Waals surface area (Å²) in [6, 6.07) is 8.74. The maximum Gasteiger partial charge on any atom is 0.259 e. The van der Waals surface area contributed by atoms with Gasteiger partial charge in [-0.05, 0) is 36.3 Å². The Hall–Kier alpha value is -3.19. The van der Waals surface area contributed by atoms with E-state index in [-0.39, 0.29) is 16.4 Å². The summed E-state index contributed by atoms with van der Waals surface area (Å²) in [6.07, 6.45) is 3.72. The van der Waals surface area contributed by atoms with Crippen molar-refractivity contribution in [2.45, 2.75) is 19.8 Å². The second-order valence-corrected chi connectivity index (χ2v) is 7.15. The summed E-state index contributed by atoms with van der Waals surface area (Å²) in [4.78, 5) is 19.8. The van der Waals surface area contributed by atoms with E-state index in [1.54, 1.807) is 25.3 Å². The van der Waals surface area contributed by atoms with Crippen molar-refractivity contribution in [2.75, 3.05) is 27.9 Å². The summed E-state index contributed by atoms with van der Waals surface area (Å²) in [5.74, 6) is 2.44. The predicted octanol–water partition coefficient (Wildman–Crippen LogP) is 4.86. The van der Waals surface area contributed by atoms with Crippen LogP contribution in [0.3, 0.4) is 0 Å². The first-order valence-electron chi connectivity index (χ1n) is 9.85. The number of H-pyrrole nitrogens is 1. The van der Waals surface area contributed by atoms with Gasteiger partial charge in [0.25, 0.3) is 5.56 Å². The number of hydrogen-bond acceptors (Lipinski definition) is 6. The van der Waals surface area contributed by atoms with Crippen LogP contribution in [0.5, 0.6) is 23.0 Å². The van der Waals surface area contributed by atoms with E-state index in [1.807, 2.05) is 18.2 Å². The van der Waals surface area contributed by atoms with Crippen molar-refractivity contribution >= 4 is 33.6 Å². The largest absolute Gasteiger partial charge is 0.493 e. The second-order valence-electron chi connectivity index (χ2n) is 6.74. The molecule has 8 heteroatoms. The van der Waals surface area contributed by atoms with E-state index in [0.717, 1.165) is 18.4 Å². The molecule has 0 amide bonds. The lowest BCUT2D eigenvalue weighted by atomic mass is 10.1. The van der Waals surface area contributed by atoms with Crippen LogP contribution in [0.25, 0.3) is 22.0 Å². The number of rotatable bonds is 9. The molecule has 0 aliphatic rings. The highest BCUT2D eigenvalue weighted by Gasteiger charge is 2.13. The van der Waals surface area contributed by atoms with Gasteiger partial charge in [-0.2, -0.15) is 0 Å². The molecule has 1 N–H and O–H groups in total. The molecule has 1 heterocycles. The van der Waals surface area contributed by atoms with E-state index >= 15 is 0 Å². The first-order chi connectivity index (χ1) is 15.0. The third kappa shape index (κ3) is 5.11. The van der Waals surface area contributed by atoms with Gasteiger partial charge in [0.2, 0.25) is 0 Å². The monoisotopic (exact) mass is 444 g/mol. The molecule has 3 aromatic rings. The molecule has 0 fully saturated rings. The summed E-state index contributed by atoms with van der Waals surface area (Å²) in [5.41, 5.74) is 0.893. The van der Waals surface area contributed by atoms with Gasteiger partial charge in [0.15, 0.2) is 28.8 Å². The van der Waals surface area contributed by atoms with Gasteiger partial charge in [-0.25, -0.2) is 4.98 Å². The molecule has 0 atom stereocenters. The van der Waals surface area contributed by atoms with Crippen LogP contribution in [-0.4, -0.2) is 37.9 Å². The molecule has 31 heavy (non-hydrogen) atoms. The second kappa shape index (κ2) is 10.2. The van der Waals surface area contributed by atoms with Gasteiger partial charge < -0.3 is 23.9 Å². The third-order valence-electron chi connectivity index (χ3n) is 4.67. The molecule has 0 radical (unpaired) electrons. The van der Waals surface area contributed by atoms with Crippen LogP contribution in [0, 0.1) is 0 Å². The van der Waals surface area contributed by atoms with Crippen molar-refractivity contribution in [3.8, 4) is 23.0 Å². The number of halogens is 1. The van der Waals surface area contributed by atoms with Crippen molar-refractivity contribution in [1.82, 2.24) is 9.97 Å². The zero-order valence-electron chi connectivity index (χ0n) is 18.0. The summed E-state index contributed by atoms with van der Waals surface area (Å²) in [6.45, 7) is 2.73. The maximum absolute atomic E-state index is 12.6. The first kappa shape index (κ1) is 22.5. The lowest BCUT2D eigenvalue weighted by Gasteiger charge is -2.11. The first-order valence-corrected chi connectivity index (χ1v) is 10.2. The average molecular weight is 445 g/mol. The summed E-state index contributed by atoms with van der Waals surface area (Å²) in [5, 5.41) is 0.650. The van der Waals surface area contributed by atoms with E-state index in [2.05, 4.69) is 16.9 Å². The van der Waals surface area contributed by atoms with Gasteiger partial charge in [0.05, 0.1) is 43.9 Å². The Morgan fingerprint density at radius 2 is 1.71 bits per heavy atom. The number of unbranched alkanes of at least 4 members (excludes halogenated alkanes) is 1. The molecule has 164 valence electrons. The third-order valence-corrected chi connectivity index (χ3v) is 4.96. The van der Waals surface area contributed by atoms with Crippen LogP contribution in [0.4, 0.5) is 0 Å². The molecule has 0 aliphatic carbocycles. The highest BCUT2D eigenvalue weighted by Crippen LogP contribution is 2.32. The van der Waals surface area contributed by atoms with Crippen molar-refractivity contribution in [3.63, 3.8) is 0 Å². The molecule has 0 spiro atoms. The van der Waals surface area contributed by atoms with Gasteiger partial charge in [-0.15, -0.1) is 0 Å². The highest BCUT2D eigenvalue weighted by molar-refractivity contribution is 6.50. The fraction of sp³-hybridized carbons (Fsp3) is 0.304. The fourth-order valence-electron chi connectivity index (χ4n) is 3.01. The lowest BCUT2D eigenvalue weighted by molar-refractivity contribution is 0.288. The van der Waals surface area contributed by atoms with Gasteiger partial charge >= 0.3 is 0 Å². The van der Waals surface area contributed by atoms with Gasteiger partial charge in [0, 0.05) is 6.07 Å². The molecule has 7 nitrogen and oxygen atoms in total. The van der Waals surface area contributed by atoms with Gasteiger partial charge in [0.1, 0.15) is 0 Å². The summed E-state index contributed by atoms with van der Waals surface area (Å²) >= 11 is 6.48. The zero-order chi connectivity index (χ0) is 22.4. The molecule has 0 bridgehead atoms. The van der Waals surface area contributed by atoms with Crippen LogP contribution in [0.15, 0.2) is 35.1 Å². The van der Waals surface area contributed by atoms with E-state index in [9.17, 15) is 4.79 Å². The van der Waals surface area contributed by atoms with Crippen LogP contribution < -0.4 is 24.5 Å². The minimum atomic E-state index is -0.329. The Kier molecular flexibility index (Phi) is 7.41. The van der Waals surface area contributed by atoms with Crippen LogP contribution >= 0.6 is 11.6 Å². The number of aromatic nitrogens is 2. The van der Waals surface area contributed by atoms with Gasteiger partial charge in [-0.3, -0.25) is 4.79 Å². The number of aromatic amines is 1. The van der Waals surface area contributed by atoms with Crippen LogP contribution in [0.2, 0.25) is 0 Å². The molecular weight excluding hydrogens is 420 g/mol.